The van der Waals surface area contributed by atoms with Crippen LogP contribution in [0.4, 0.5) is 5.88 Å². The molecule has 1 N–H and O–H groups in total. The lowest BCUT2D eigenvalue weighted by Crippen LogP contribution is -2.14. The number of halogens is 1. The molecule has 6 heteroatoms. The number of rotatable bonds is 4. The molecule has 0 fully saturated rings. The second-order valence-corrected chi connectivity index (χ2v) is 5.44. The highest BCUT2D eigenvalue weighted by Crippen LogP contribution is 2.24. The van der Waals surface area contributed by atoms with Crippen molar-refractivity contribution in [3.05, 3.63) is 38.7 Å². The fraction of sp³-hybridized carbons (Fsp3) is 0.182. The summed E-state index contributed by atoms with van der Waals surface area (Å²) in [5.41, 5.74) is 0. The van der Waals surface area contributed by atoms with Gasteiger partial charge < -0.3 is 14.4 Å². The van der Waals surface area contributed by atoms with E-state index >= 15 is 0 Å². The number of hydrogen-bond acceptors (Lipinski definition) is 4. The molecule has 17 heavy (non-hydrogen) atoms. The van der Waals surface area contributed by atoms with Crippen LogP contribution in [-0.4, -0.2) is 18.1 Å². The smallest absolute Gasteiger partial charge is 0.371 e. The van der Waals surface area contributed by atoms with Gasteiger partial charge in [0.05, 0.1) is 6.54 Å². The van der Waals surface area contributed by atoms with E-state index in [9.17, 15) is 4.79 Å². The molecule has 4 nitrogen and oxygen atoms in total. The molecular formula is C11H10BrNO3S. The van der Waals surface area contributed by atoms with E-state index in [2.05, 4.69) is 15.9 Å². The molecule has 0 aliphatic rings. The highest BCUT2D eigenvalue weighted by Gasteiger charge is 2.12. The molecule has 2 aromatic heterocycles. The van der Waals surface area contributed by atoms with E-state index in [0.717, 1.165) is 4.47 Å². The van der Waals surface area contributed by atoms with Gasteiger partial charge >= 0.3 is 5.97 Å². The molecule has 0 radical (unpaired) electrons. The fourth-order valence-electron chi connectivity index (χ4n) is 1.40. The van der Waals surface area contributed by atoms with Gasteiger partial charge in [-0.05, 0) is 28.1 Å². The number of carboxylic acid groups (broad SMARTS) is 1. The van der Waals surface area contributed by atoms with Gasteiger partial charge in [-0.3, -0.25) is 0 Å². The standard InChI is InChI=1S/C11H10BrNO3S/c1-13(5-8-4-7(12)6-17-8)10-3-2-9(16-10)11(14)15/h2-4,6H,5H2,1H3,(H,14,15). The molecule has 90 valence electrons. The van der Waals surface area contributed by atoms with Gasteiger partial charge in [-0.25, -0.2) is 4.79 Å². The van der Waals surface area contributed by atoms with Gasteiger partial charge in [0.25, 0.3) is 0 Å². The molecule has 0 saturated carbocycles. The zero-order valence-electron chi connectivity index (χ0n) is 9.01. The Morgan fingerprint density at radius 3 is 2.88 bits per heavy atom. The second-order valence-electron chi connectivity index (χ2n) is 3.53. The van der Waals surface area contributed by atoms with E-state index in [1.54, 1.807) is 17.4 Å². The van der Waals surface area contributed by atoms with Crippen LogP contribution < -0.4 is 4.90 Å². The predicted octanol–water partition coefficient (Wildman–Crippen LogP) is 3.44. The van der Waals surface area contributed by atoms with E-state index in [4.69, 9.17) is 9.52 Å². The first-order valence-electron chi connectivity index (χ1n) is 4.83. The van der Waals surface area contributed by atoms with Gasteiger partial charge in [0, 0.05) is 27.8 Å². The van der Waals surface area contributed by atoms with Crippen molar-refractivity contribution in [3.8, 4) is 0 Å². The van der Waals surface area contributed by atoms with E-state index in [-0.39, 0.29) is 5.76 Å². The summed E-state index contributed by atoms with van der Waals surface area (Å²) >= 11 is 5.03. The summed E-state index contributed by atoms with van der Waals surface area (Å²) in [6.07, 6.45) is 0. The van der Waals surface area contributed by atoms with Crippen LogP contribution in [0.25, 0.3) is 0 Å². The van der Waals surface area contributed by atoms with Gasteiger partial charge in [0.1, 0.15) is 0 Å². The van der Waals surface area contributed by atoms with Gasteiger partial charge in [0.2, 0.25) is 5.76 Å². The van der Waals surface area contributed by atoms with Crippen molar-refractivity contribution < 1.29 is 14.3 Å². The van der Waals surface area contributed by atoms with E-state index in [0.29, 0.717) is 12.4 Å². The van der Waals surface area contributed by atoms with Crippen LogP contribution in [0.1, 0.15) is 15.4 Å². The maximum atomic E-state index is 10.7. The molecule has 0 aliphatic carbocycles. The summed E-state index contributed by atoms with van der Waals surface area (Å²) in [4.78, 5) is 13.7. The summed E-state index contributed by atoms with van der Waals surface area (Å²) in [7, 11) is 1.86. The van der Waals surface area contributed by atoms with Gasteiger partial charge in [-0.1, -0.05) is 0 Å². The van der Waals surface area contributed by atoms with Crippen LogP contribution >= 0.6 is 27.3 Å². The first kappa shape index (κ1) is 12.2. The molecule has 0 aliphatic heterocycles. The average Bonchev–Trinajstić information content (AvgIpc) is 2.86. The lowest BCUT2D eigenvalue weighted by Gasteiger charge is -2.14. The molecule has 0 aromatic carbocycles. The third-order valence-corrected chi connectivity index (χ3v) is 3.88. The molecule has 2 aromatic rings. The van der Waals surface area contributed by atoms with E-state index in [1.165, 1.54) is 10.9 Å². The first-order valence-corrected chi connectivity index (χ1v) is 6.50. The maximum absolute atomic E-state index is 10.7. The number of thiophene rings is 1. The normalized spacial score (nSPS) is 10.5. The third-order valence-electron chi connectivity index (χ3n) is 2.19. The van der Waals surface area contributed by atoms with Gasteiger partial charge in [-0.2, -0.15) is 0 Å². The number of aromatic carboxylic acids is 1. The molecule has 0 bridgehead atoms. The SMILES string of the molecule is CN(Cc1cc(Br)cs1)c1ccc(C(=O)O)o1. The van der Waals surface area contributed by atoms with Crippen LogP contribution in [-0.2, 0) is 6.54 Å². The summed E-state index contributed by atoms with van der Waals surface area (Å²) in [5.74, 6) is -0.547. The number of hydrogen-bond donors (Lipinski definition) is 1. The zero-order valence-corrected chi connectivity index (χ0v) is 11.4. The largest absolute Gasteiger partial charge is 0.475 e. The van der Waals surface area contributed by atoms with Crippen molar-refractivity contribution in [2.45, 2.75) is 6.54 Å². The van der Waals surface area contributed by atoms with Crippen molar-refractivity contribution in [2.24, 2.45) is 0 Å². The van der Waals surface area contributed by atoms with Crippen molar-refractivity contribution >= 4 is 39.1 Å². The van der Waals surface area contributed by atoms with Crippen LogP contribution in [0.5, 0.6) is 0 Å². The Bertz CT molecular complexity index is 534. The minimum absolute atomic E-state index is 0.0424. The van der Waals surface area contributed by atoms with Crippen LogP contribution in [0.15, 0.2) is 32.5 Å². The Hall–Kier alpha value is -1.27. The number of anilines is 1. The minimum atomic E-state index is -1.05. The topological polar surface area (TPSA) is 53.7 Å². The van der Waals surface area contributed by atoms with Gasteiger partial charge in [-0.15, -0.1) is 11.3 Å². The average molecular weight is 316 g/mol. The summed E-state index contributed by atoms with van der Waals surface area (Å²) < 4.78 is 6.26. The minimum Gasteiger partial charge on any atom is -0.475 e. The molecule has 0 saturated heterocycles. The quantitative estimate of drug-likeness (QED) is 0.939. The lowest BCUT2D eigenvalue weighted by molar-refractivity contribution is 0.0663. The van der Waals surface area contributed by atoms with Crippen molar-refractivity contribution in [3.63, 3.8) is 0 Å². The third kappa shape index (κ3) is 2.89. The highest BCUT2D eigenvalue weighted by atomic mass is 79.9. The first-order chi connectivity index (χ1) is 8.06. The van der Waals surface area contributed by atoms with Crippen LogP contribution in [0.2, 0.25) is 0 Å². The Labute approximate surface area is 111 Å². The molecule has 0 unspecified atom stereocenters. The number of furan rings is 1. The summed E-state index contributed by atoms with van der Waals surface area (Å²) in [5, 5.41) is 10.8. The predicted molar refractivity (Wildman–Crippen MR) is 69.8 cm³/mol. The summed E-state index contributed by atoms with van der Waals surface area (Å²) in [6, 6.07) is 5.15. The Balaban J connectivity index is 2.08. The van der Waals surface area contributed by atoms with E-state index in [1.807, 2.05) is 23.4 Å². The van der Waals surface area contributed by atoms with Crippen molar-refractivity contribution in [2.75, 3.05) is 11.9 Å². The van der Waals surface area contributed by atoms with Crippen molar-refractivity contribution in [1.29, 1.82) is 0 Å². The number of carbonyl (C=O) groups is 1. The monoisotopic (exact) mass is 315 g/mol. The Morgan fingerprint density at radius 1 is 1.59 bits per heavy atom. The number of carboxylic acids is 1. The summed E-state index contributed by atoms with van der Waals surface area (Å²) in [6.45, 7) is 0.683. The lowest BCUT2D eigenvalue weighted by atomic mass is 10.4. The highest BCUT2D eigenvalue weighted by molar-refractivity contribution is 9.10. The fourth-order valence-corrected chi connectivity index (χ4v) is 2.90. The molecule has 0 spiro atoms. The van der Waals surface area contributed by atoms with Crippen LogP contribution in [0.3, 0.4) is 0 Å². The van der Waals surface area contributed by atoms with E-state index < -0.39 is 5.97 Å². The molecule has 2 heterocycles. The van der Waals surface area contributed by atoms with Gasteiger partial charge in [0.15, 0.2) is 5.88 Å². The maximum Gasteiger partial charge on any atom is 0.371 e. The molecule has 0 amide bonds. The Morgan fingerprint density at radius 2 is 2.35 bits per heavy atom. The molecule has 2 rings (SSSR count). The number of nitrogens with zero attached hydrogens (tertiary/aromatic N) is 1. The van der Waals surface area contributed by atoms with Crippen molar-refractivity contribution in [1.82, 2.24) is 0 Å². The second kappa shape index (κ2) is 4.93. The molecular weight excluding hydrogens is 306 g/mol. The zero-order chi connectivity index (χ0) is 12.4. The van der Waals surface area contributed by atoms with Crippen LogP contribution in [0, 0.1) is 0 Å². The Kier molecular flexibility index (Phi) is 3.54. The molecule has 0 atom stereocenters.